The van der Waals surface area contributed by atoms with E-state index in [2.05, 4.69) is 12.1 Å². The molecule has 0 aliphatic carbocycles. The molecule has 2 nitrogen and oxygen atoms in total. The second-order valence-corrected chi connectivity index (χ2v) is 5.87. The maximum Gasteiger partial charge on any atom is 0.0991 e. The van der Waals surface area contributed by atoms with E-state index in [9.17, 15) is 0 Å². The van der Waals surface area contributed by atoms with Crippen LogP contribution in [0.1, 0.15) is 16.7 Å². The van der Waals surface area contributed by atoms with Crippen molar-refractivity contribution in [2.45, 2.75) is 6.61 Å². The van der Waals surface area contributed by atoms with Gasteiger partial charge in [-0.25, -0.2) is 0 Å². The van der Waals surface area contributed by atoms with Gasteiger partial charge in [0.25, 0.3) is 0 Å². The van der Waals surface area contributed by atoms with Crippen LogP contribution in [0, 0.1) is 11.3 Å². The molecule has 118 valence electrons. The van der Waals surface area contributed by atoms with E-state index in [0.29, 0.717) is 18.8 Å². The summed E-state index contributed by atoms with van der Waals surface area (Å²) in [6.45, 7) is 0.981. The summed E-state index contributed by atoms with van der Waals surface area (Å²) in [5, 5.41) is 12.1. The normalized spacial score (nSPS) is 11.0. The fraction of sp³-hybridized carbons (Fsp3) is 0.0952. The minimum Gasteiger partial charge on any atom is -0.373 e. The molecule has 0 bridgehead atoms. The van der Waals surface area contributed by atoms with Crippen LogP contribution in [0.3, 0.4) is 0 Å². The van der Waals surface area contributed by atoms with E-state index in [1.807, 2.05) is 66.7 Å². The molecule has 24 heavy (non-hydrogen) atoms. The molecule has 0 atom stereocenters. The van der Waals surface area contributed by atoms with Crippen LogP contribution >= 0.6 is 11.6 Å². The molecule has 0 unspecified atom stereocenters. The Balaban J connectivity index is 1.65. The van der Waals surface area contributed by atoms with Crippen LogP contribution in [0.15, 0.2) is 66.7 Å². The lowest BCUT2D eigenvalue weighted by atomic mass is 10.0. The molecule has 0 aliphatic rings. The quantitative estimate of drug-likeness (QED) is 0.570. The SMILES string of the molecule is N#Cc1cc(COC/C=C/c2ccc(Cl)cc2)c2ccccc2c1. The highest BCUT2D eigenvalue weighted by molar-refractivity contribution is 6.30. The van der Waals surface area contributed by atoms with E-state index in [1.54, 1.807) is 0 Å². The molecule has 0 heterocycles. The van der Waals surface area contributed by atoms with Gasteiger partial charge < -0.3 is 4.74 Å². The minimum absolute atomic E-state index is 0.473. The summed E-state index contributed by atoms with van der Waals surface area (Å²) in [7, 11) is 0. The summed E-state index contributed by atoms with van der Waals surface area (Å²) < 4.78 is 5.75. The van der Waals surface area contributed by atoms with Crippen LogP contribution in [0.2, 0.25) is 5.02 Å². The summed E-state index contributed by atoms with van der Waals surface area (Å²) in [6, 6.07) is 21.7. The molecule has 3 aromatic rings. The number of halogens is 1. The van der Waals surface area contributed by atoms with Crippen molar-refractivity contribution in [2.75, 3.05) is 6.61 Å². The number of fused-ring (bicyclic) bond motifs is 1. The zero-order valence-electron chi connectivity index (χ0n) is 13.1. The third-order valence-corrected chi connectivity index (χ3v) is 3.98. The maximum absolute atomic E-state index is 9.17. The Morgan fingerprint density at radius 3 is 2.62 bits per heavy atom. The van der Waals surface area contributed by atoms with E-state index in [-0.39, 0.29) is 0 Å². The summed E-state index contributed by atoms with van der Waals surface area (Å²) in [6.07, 6.45) is 3.97. The molecule has 0 aromatic heterocycles. The standard InChI is InChI=1S/C21H16ClNO/c22-20-9-7-16(8-10-20)4-3-11-24-15-19-13-17(14-23)12-18-5-1-2-6-21(18)19/h1-10,12-13H,11,15H2/b4-3+. The Labute approximate surface area is 146 Å². The fourth-order valence-electron chi connectivity index (χ4n) is 2.57. The lowest BCUT2D eigenvalue weighted by Gasteiger charge is -2.07. The highest BCUT2D eigenvalue weighted by Crippen LogP contribution is 2.21. The summed E-state index contributed by atoms with van der Waals surface area (Å²) in [4.78, 5) is 0. The Bertz CT molecular complexity index is 907. The van der Waals surface area contributed by atoms with Gasteiger partial charge in [0, 0.05) is 5.02 Å². The van der Waals surface area contributed by atoms with Gasteiger partial charge in [-0.05, 0) is 46.2 Å². The number of hydrogen-bond acceptors (Lipinski definition) is 2. The summed E-state index contributed by atoms with van der Waals surface area (Å²) >= 11 is 5.86. The number of nitrogens with zero attached hydrogens (tertiary/aromatic N) is 1. The van der Waals surface area contributed by atoms with Gasteiger partial charge in [0.2, 0.25) is 0 Å². The van der Waals surface area contributed by atoms with Crippen molar-refractivity contribution in [3.05, 3.63) is 88.5 Å². The van der Waals surface area contributed by atoms with Crippen LogP contribution in [-0.4, -0.2) is 6.61 Å². The van der Waals surface area contributed by atoms with Gasteiger partial charge in [-0.15, -0.1) is 0 Å². The molecule has 0 N–H and O–H groups in total. The number of benzene rings is 3. The Morgan fingerprint density at radius 2 is 1.83 bits per heavy atom. The minimum atomic E-state index is 0.473. The second-order valence-electron chi connectivity index (χ2n) is 5.44. The van der Waals surface area contributed by atoms with Crippen molar-refractivity contribution in [1.82, 2.24) is 0 Å². The van der Waals surface area contributed by atoms with E-state index in [1.165, 1.54) is 0 Å². The highest BCUT2D eigenvalue weighted by Gasteiger charge is 2.03. The van der Waals surface area contributed by atoms with Crippen LogP contribution in [0.5, 0.6) is 0 Å². The van der Waals surface area contributed by atoms with Crippen LogP contribution < -0.4 is 0 Å². The third kappa shape index (κ3) is 4.02. The summed E-state index contributed by atoms with van der Waals surface area (Å²) in [5.41, 5.74) is 2.77. The predicted octanol–water partition coefficient (Wildman–Crippen LogP) is 5.59. The molecule has 3 rings (SSSR count). The fourth-order valence-corrected chi connectivity index (χ4v) is 2.69. The Morgan fingerprint density at radius 1 is 1.04 bits per heavy atom. The van der Waals surface area contributed by atoms with E-state index >= 15 is 0 Å². The van der Waals surface area contributed by atoms with Crippen LogP contribution in [0.25, 0.3) is 16.8 Å². The molecule has 0 saturated heterocycles. The zero-order valence-corrected chi connectivity index (χ0v) is 13.8. The van der Waals surface area contributed by atoms with Gasteiger partial charge in [-0.1, -0.05) is 60.2 Å². The molecular weight excluding hydrogens is 318 g/mol. The maximum atomic E-state index is 9.17. The van der Waals surface area contributed by atoms with Gasteiger partial charge in [0.05, 0.1) is 24.8 Å². The molecule has 0 radical (unpaired) electrons. The van der Waals surface area contributed by atoms with E-state index in [0.717, 1.165) is 26.9 Å². The number of ether oxygens (including phenoxy) is 1. The molecule has 0 saturated carbocycles. The zero-order chi connectivity index (χ0) is 16.8. The van der Waals surface area contributed by atoms with Crippen molar-refractivity contribution in [2.24, 2.45) is 0 Å². The van der Waals surface area contributed by atoms with Crippen LogP contribution in [0.4, 0.5) is 0 Å². The third-order valence-electron chi connectivity index (χ3n) is 3.73. The van der Waals surface area contributed by atoms with Crippen LogP contribution in [-0.2, 0) is 11.3 Å². The van der Waals surface area contributed by atoms with Crippen molar-refractivity contribution in [3.63, 3.8) is 0 Å². The van der Waals surface area contributed by atoms with Crippen molar-refractivity contribution < 1.29 is 4.74 Å². The molecule has 0 spiro atoms. The van der Waals surface area contributed by atoms with Gasteiger partial charge in [-0.3, -0.25) is 0 Å². The number of rotatable bonds is 5. The largest absolute Gasteiger partial charge is 0.373 e. The van der Waals surface area contributed by atoms with E-state index < -0.39 is 0 Å². The molecule has 0 amide bonds. The van der Waals surface area contributed by atoms with Crippen molar-refractivity contribution in [1.29, 1.82) is 5.26 Å². The highest BCUT2D eigenvalue weighted by atomic mass is 35.5. The van der Waals surface area contributed by atoms with Crippen molar-refractivity contribution in [3.8, 4) is 6.07 Å². The second kappa shape index (κ2) is 7.79. The van der Waals surface area contributed by atoms with E-state index in [4.69, 9.17) is 21.6 Å². The first-order valence-corrected chi connectivity index (χ1v) is 8.06. The number of hydrogen-bond donors (Lipinski definition) is 0. The average Bonchev–Trinajstić information content (AvgIpc) is 2.62. The van der Waals surface area contributed by atoms with Gasteiger partial charge in [0.15, 0.2) is 0 Å². The topological polar surface area (TPSA) is 33.0 Å². The Hall–Kier alpha value is -2.60. The van der Waals surface area contributed by atoms with Gasteiger partial charge in [0.1, 0.15) is 0 Å². The lowest BCUT2D eigenvalue weighted by Crippen LogP contribution is -1.95. The summed E-state index contributed by atoms with van der Waals surface area (Å²) in [5.74, 6) is 0. The first kappa shape index (κ1) is 16.3. The molecular formula is C21H16ClNO. The molecule has 0 fully saturated rings. The monoisotopic (exact) mass is 333 g/mol. The van der Waals surface area contributed by atoms with Gasteiger partial charge >= 0.3 is 0 Å². The average molecular weight is 334 g/mol. The molecule has 3 aromatic carbocycles. The Kier molecular flexibility index (Phi) is 5.28. The smallest absolute Gasteiger partial charge is 0.0991 e. The first-order chi connectivity index (χ1) is 11.8. The number of nitriles is 1. The lowest BCUT2D eigenvalue weighted by molar-refractivity contribution is 0.150. The molecule has 0 aliphatic heterocycles. The van der Waals surface area contributed by atoms with Crippen molar-refractivity contribution >= 4 is 28.4 Å². The van der Waals surface area contributed by atoms with Gasteiger partial charge in [-0.2, -0.15) is 5.26 Å². The first-order valence-electron chi connectivity index (χ1n) is 7.68. The predicted molar refractivity (Wildman–Crippen MR) is 98.8 cm³/mol. The molecule has 3 heteroatoms.